The van der Waals surface area contributed by atoms with Crippen LogP contribution in [0.15, 0.2) is 42.5 Å². The first-order valence-electron chi connectivity index (χ1n) is 7.07. The summed E-state index contributed by atoms with van der Waals surface area (Å²) >= 11 is 0. The molecule has 0 saturated carbocycles. The van der Waals surface area contributed by atoms with Crippen molar-refractivity contribution < 1.29 is 19.6 Å². The van der Waals surface area contributed by atoms with E-state index in [0.29, 0.717) is 16.8 Å². The lowest BCUT2D eigenvalue weighted by molar-refractivity contribution is -0.384. The van der Waals surface area contributed by atoms with Crippen LogP contribution in [0, 0.1) is 10.1 Å². The Labute approximate surface area is 136 Å². The van der Waals surface area contributed by atoms with Gasteiger partial charge in [0.05, 0.1) is 10.6 Å². The number of fused-ring (bicyclic) bond motifs is 1. The summed E-state index contributed by atoms with van der Waals surface area (Å²) in [5.41, 5.74) is 7.21. The Morgan fingerprint density at radius 2 is 1.88 bits per heavy atom. The van der Waals surface area contributed by atoms with Crippen LogP contribution in [0.1, 0.15) is 27.4 Å². The highest BCUT2D eigenvalue weighted by molar-refractivity contribution is 5.93. The van der Waals surface area contributed by atoms with Gasteiger partial charge in [-0.2, -0.15) is 0 Å². The van der Waals surface area contributed by atoms with Gasteiger partial charge in [-0.3, -0.25) is 19.8 Å². The molecule has 3 rings (SSSR count). The van der Waals surface area contributed by atoms with E-state index in [0.717, 1.165) is 10.5 Å². The van der Waals surface area contributed by atoms with E-state index in [1.54, 1.807) is 30.3 Å². The second-order valence-electron chi connectivity index (χ2n) is 5.43. The van der Waals surface area contributed by atoms with E-state index in [4.69, 9.17) is 5.73 Å². The van der Waals surface area contributed by atoms with Gasteiger partial charge in [0.25, 0.3) is 5.69 Å². The van der Waals surface area contributed by atoms with E-state index in [2.05, 4.69) is 0 Å². The first-order valence-corrected chi connectivity index (χ1v) is 7.07. The number of rotatable bonds is 3. The summed E-state index contributed by atoms with van der Waals surface area (Å²) in [4.78, 5) is 34.1. The van der Waals surface area contributed by atoms with Crippen molar-refractivity contribution in [3.63, 3.8) is 0 Å². The van der Waals surface area contributed by atoms with Crippen LogP contribution in [0.25, 0.3) is 0 Å². The third kappa shape index (κ3) is 2.54. The Morgan fingerprint density at radius 3 is 2.42 bits per heavy atom. The van der Waals surface area contributed by atoms with Gasteiger partial charge < -0.3 is 10.8 Å². The number of amides is 2. The molecule has 0 aromatic heterocycles. The summed E-state index contributed by atoms with van der Waals surface area (Å²) in [7, 11) is 0. The zero-order valence-corrected chi connectivity index (χ0v) is 12.4. The topological polar surface area (TPSA) is 127 Å². The van der Waals surface area contributed by atoms with Crippen molar-refractivity contribution in [1.29, 1.82) is 0 Å². The summed E-state index contributed by atoms with van der Waals surface area (Å²) in [5, 5.41) is 20.3. The normalized spacial score (nSPS) is 15.8. The lowest BCUT2D eigenvalue weighted by Crippen LogP contribution is -2.28. The van der Waals surface area contributed by atoms with Crippen molar-refractivity contribution >= 4 is 23.4 Å². The number of carboxylic acid groups (broad SMARTS) is 1. The molecule has 0 bridgehead atoms. The van der Waals surface area contributed by atoms with Crippen LogP contribution in [0.3, 0.4) is 0 Å². The number of primary amides is 1. The Kier molecular flexibility index (Phi) is 3.64. The molecule has 1 heterocycles. The number of carbonyl (C=O) groups excluding carboxylic acids is 1. The van der Waals surface area contributed by atoms with Crippen molar-refractivity contribution in [2.24, 2.45) is 5.73 Å². The van der Waals surface area contributed by atoms with Crippen LogP contribution in [-0.4, -0.2) is 28.6 Å². The van der Waals surface area contributed by atoms with Crippen LogP contribution in [0.4, 0.5) is 16.2 Å². The highest BCUT2D eigenvalue weighted by Crippen LogP contribution is 2.41. The maximum atomic E-state index is 11.5. The first kappa shape index (κ1) is 15.5. The molecule has 0 saturated heterocycles. The third-order valence-corrected chi connectivity index (χ3v) is 4.08. The van der Waals surface area contributed by atoms with E-state index >= 15 is 0 Å². The summed E-state index contributed by atoms with van der Waals surface area (Å²) < 4.78 is 0. The van der Waals surface area contributed by atoms with E-state index in [9.17, 15) is 24.8 Å². The lowest BCUT2D eigenvalue weighted by atomic mass is 9.92. The van der Waals surface area contributed by atoms with Gasteiger partial charge in [0.1, 0.15) is 0 Å². The molecule has 0 aliphatic carbocycles. The van der Waals surface area contributed by atoms with E-state index < -0.39 is 16.9 Å². The van der Waals surface area contributed by atoms with Crippen molar-refractivity contribution in [3.05, 3.63) is 69.3 Å². The molecule has 2 aromatic carbocycles. The predicted octanol–water partition coefficient (Wildman–Crippen LogP) is 2.32. The molecule has 1 aliphatic rings. The lowest BCUT2D eigenvalue weighted by Gasteiger charge is -2.13. The van der Waals surface area contributed by atoms with Gasteiger partial charge in [0.2, 0.25) is 5.91 Å². The Balaban J connectivity index is 2.04. The molecular formula is C16H13N3O5. The molecule has 3 N–H and O–H groups in total. The second-order valence-corrected chi connectivity index (χ2v) is 5.43. The minimum absolute atomic E-state index is 0.155. The number of anilines is 1. The number of non-ortho nitro benzene ring substituents is 1. The maximum absolute atomic E-state index is 11.5. The summed E-state index contributed by atoms with van der Waals surface area (Å²) in [6, 6.07) is 10.8. The highest BCUT2D eigenvalue weighted by Gasteiger charge is 2.34. The average Bonchev–Trinajstić information content (AvgIpc) is 2.93. The highest BCUT2D eigenvalue weighted by atomic mass is 16.6. The summed E-state index contributed by atoms with van der Waals surface area (Å²) in [6.45, 7) is 0.155. The quantitative estimate of drug-likeness (QED) is 0.660. The number of benzene rings is 2. The number of nitro benzene ring substituents is 1. The Hall–Kier alpha value is -3.42. The Bertz CT molecular complexity index is 847. The maximum Gasteiger partial charge on any atom is 0.411 e. The van der Waals surface area contributed by atoms with Crippen molar-refractivity contribution in [1.82, 2.24) is 0 Å². The smallest absolute Gasteiger partial charge is 0.411 e. The molecule has 2 amide bonds. The first-order chi connectivity index (χ1) is 11.4. The van der Waals surface area contributed by atoms with Crippen LogP contribution in [0.2, 0.25) is 0 Å². The number of nitro groups is 1. The number of hydrogen-bond donors (Lipinski definition) is 2. The molecule has 0 fully saturated rings. The van der Waals surface area contributed by atoms with Crippen LogP contribution in [0.5, 0.6) is 0 Å². The standard InChI is InChI=1S/C16H13N3O5/c17-15(20)10-3-1-9(2-4-10)13-8-18(16(21)22)14-7-11(19(23)24)5-6-12(13)14/h1-7,13H,8H2,(H2,17,20)(H,21,22). The molecule has 24 heavy (non-hydrogen) atoms. The summed E-state index contributed by atoms with van der Waals surface area (Å²) in [6.07, 6.45) is -1.17. The molecule has 0 spiro atoms. The van der Waals surface area contributed by atoms with E-state index in [-0.39, 0.29) is 18.2 Å². The number of nitrogens with zero attached hydrogens (tertiary/aromatic N) is 2. The minimum atomic E-state index is -1.17. The minimum Gasteiger partial charge on any atom is -0.465 e. The fraction of sp³-hybridized carbons (Fsp3) is 0.125. The molecule has 0 radical (unpaired) electrons. The van der Waals surface area contributed by atoms with Gasteiger partial charge in [-0.05, 0) is 29.3 Å². The van der Waals surface area contributed by atoms with Gasteiger partial charge in [0.15, 0.2) is 0 Å². The molecule has 122 valence electrons. The van der Waals surface area contributed by atoms with Gasteiger partial charge in [0, 0.05) is 30.2 Å². The molecule has 1 aliphatic heterocycles. The SMILES string of the molecule is NC(=O)c1ccc(C2CN(C(=O)O)c3cc([N+](=O)[O-])ccc32)cc1. The molecule has 8 nitrogen and oxygen atoms in total. The number of hydrogen-bond acceptors (Lipinski definition) is 4. The van der Waals surface area contributed by atoms with Crippen molar-refractivity contribution in [2.45, 2.75) is 5.92 Å². The average molecular weight is 327 g/mol. The third-order valence-electron chi connectivity index (χ3n) is 4.08. The van der Waals surface area contributed by atoms with Crippen LogP contribution < -0.4 is 10.6 Å². The van der Waals surface area contributed by atoms with E-state index in [1.807, 2.05) is 0 Å². The summed E-state index contributed by atoms with van der Waals surface area (Å²) in [5.74, 6) is -0.810. The van der Waals surface area contributed by atoms with Crippen LogP contribution >= 0.6 is 0 Å². The molecular weight excluding hydrogens is 314 g/mol. The number of carbonyl (C=O) groups is 2. The number of nitrogens with two attached hydrogens (primary N) is 1. The largest absolute Gasteiger partial charge is 0.465 e. The van der Waals surface area contributed by atoms with Crippen LogP contribution in [-0.2, 0) is 0 Å². The molecule has 2 aromatic rings. The van der Waals surface area contributed by atoms with Gasteiger partial charge >= 0.3 is 6.09 Å². The van der Waals surface area contributed by atoms with Gasteiger partial charge in [-0.15, -0.1) is 0 Å². The molecule has 1 atom stereocenters. The fourth-order valence-electron chi connectivity index (χ4n) is 2.90. The Morgan fingerprint density at radius 1 is 1.21 bits per heavy atom. The fourth-order valence-corrected chi connectivity index (χ4v) is 2.90. The molecule has 8 heteroatoms. The van der Waals surface area contributed by atoms with Gasteiger partial charge in [-0.1, -0.05) is 12.1 Å². The monoisotopic (exact) mass is 327 g/mol. The zero-order chi connectivity index (χ0) is 17.4. The second kappa shape index (κ2) is 5.65. The van der Waals surface area contributed by atoms with Crippen molar-refractivity contribution in [2.75, 3.05) is 11.4 Å². The zero-order valence-electron chi connectivity index (χ0n) is 12.4. The van der Waals surface area contributed by atoms with Crippen molar-refractivity contribution in [3.8, 4) is 0 Å². The predicted molar refractivity (Wildman–Crippen MR) is 85.3 cm³/mol. The van der Waals surface area contributed by atoms with Gasteiger partial charge in [-0.25, -0.2) is 4.79 Å². The molecule has 1 unspecified atom stereocenters. The van der Waals surface area contributed by atoms with E-state index in [1.165, 1.54) is 12.1 Å².